The monoisotopic (exact) mass is 408 g/mol. The number of hydrogen-bond acceptors (Lipinski definition) is 8. The summed E-state index contributed by atoms with van der Waals surface area (Å²) in [6.45, 7) is 3.20. The Kier molecular flexibility index (Phi) is 4.51. The third kappa shape index (κ3) is 3.43. The predicted octanol–water partition coefficient (Wildman–Crippen LogP) is 3.68. The molecule has 0 saturated carbocycles. The number of nitrogens with one attached hydrogen (secondary N) is 1. The molecule has 2 aromatic heterocycles. The maximum absolute atomic E-state index is 11.5. The molecule has 0 aliphatic carbocycles. The van der Waals surface area contributed by atoms with Crippen molar-refractivity contribution in [2.45, 2.75) is 25.9 Å². The maximum atomic E-state index is 11.5. The molecular formula is C21H20N4O5. The average Bonchev–Trinajstić information content (AvgIpc) is 3.32. The minimum Gasteiger partial charge on any atom is -0.490 e. The van der Waals surface area contributed by atoms with Crippen LogP contribution in [0.2, 0.25) is 0 Å². The minimum absolute atomic E-state index is 0.144. The summed E-state index contributed by atoms with van der Waals surface area (Å²) in [5, 5.41) is 2.93. The van der Waals surface area contributed by atoms with E-state index in [9.17, 15) is 4.79 Å². The van der Waals surface area contributed by atoms with Gasteiger partial charge in [0, 0.05) is 24.5 Å². The Morgan fingerprint density at radius 3 is 2.67 bits per heavy atom. The van der Waals surface area contributed by atoms with Gasteiger partial charge >= 0.3 is 12.0 Å². The van der Waals surface area contributed by atoms with Crippen molar-refractivity contribution in [1.82, 2.24) is 9.97 Å². The first-order valence-corrected chi connectivity index (χ1v) is 9.69. The first-order valence-electron chi connectivity index (χ1n) is 9.69. The molecule has 9 heteroatoms. The summed E-state index contributed by atoms with van der Waals surface area (Å²) in [4.78, 5) is 20.3. The number of aryl methyl sites for hydroxylation is 1. The van der Waals surface area contributed by atoms with Gasteiger partial charge in [-0.3, -0.25) is 10.1 Å². The van der Waals surface area contributed by atoms with E-state index in [4.69, 9.17) is 24.0 Å². The number of nitrogens with zero attached hydrogens (tertiary/aromatic N) is 2. The standard InChI is InChI=1S/C21H20N4O5/c1-11-14(19(22)26)3-5-16-18(11)24-21(29-16)25-20-23-15-4-2-13(10-17(15)30-20)28-12-6-8-27-9-7-12/h2-5,10,12H,6-9H2,1H3,(H2,22,26)(H,23,24,25). The molecule has 3 N–H and O–H groups in total. The van der Waals surface area contributed by atoms with Crippen LogP contribution in [-0.4, -0.2) is 35.2 Å². The molecule has 3 heterocycles. The Balaban J connectivity index is 1.38. The lowest BCUT2D eigenvalue weighted by atomic mass is 10.1. The number of rotatable bonds is 5. The molecule has 1 fully saturated rings. The first-order chi connectivity index (χ1) is 14.6. The molecule has 30 heavy (non-hydrogen) atoms. The normalized spacial score (nSPS) is 15.0. The molecule has 1 amide bonds. The predicted molar refractivity (Wildman–Crippen MR) is 109 cm³/mol. The van der Waals surface area contributed by atoms with Crippen LogP contribution < -0.4 is 15.8 Å². The fraction of sp³-hybridized carbons (Fsp3) is 0.286. The largest absolute Gasteiger partial charge is 0.490 e. The lowest BCUT2D eigenvalue weighted by Crippen LogP contribution is -2.25. The van der Waals surface area contributed by atoms with Gasteiger partial charge in [-0.2, -0.15) is 9.97 Å². The highest BCUT2D eigenvalue weighted by molar-refractivity contribution is 5.98. The zero-order valence-corrected chi connectivity index (χ0v) is 16.3. The van der Waals surface area contributed by atoms with E-state index in [-0.39, 0.29) is 18.1 Å². The smallest absolute Gasteiger partial charge is 0.303 e. The molecule has 2 aromatic carbocycles. The van der Waals surface area contributed by atoms with Crippen molar-refractivity contribution in [2.24, 2.45) is 5.73 Å². The molecule has 9 nitrogen and oxygen atoms in total. The van der Waals surface area contributed by atoms with Crippen molar-refractivity contribution in [2.75, 3.05) is 18.5 Å². The molecule has 0 unspecified atom stereocenters. The quantitative estimate of drug-likeness (QED) is 0.512. The number of carbonyl (C=O) groups excluding carboxylic acids is 1. The molecule has 0 bridgehead atoms. The summed E-state index contributed by atoms with van der Waals surface area (Å²) in [5.41, 5.74) is 8.81. The number of fused-ring (bicyclic) bond motifs is 2. The second kappa shape index (κ2) is 7.34. The summed E-state index contributed by atoms with van der Waals surface area (Å²) in [7, 11) is 0. The molecule has 1 aliphatic rings. The molecular weight excluding hydrogens is 388 g/mol. The van der Waals surface area contributed by atoms with Crippen molar-refractivity contribution in [1.29, 1.82) is 0 Å². The summed E-state index contributed by atoms with van der Waals surface area (Å²) in [6, 6.07) is 9.26. The molecule has 0 radical (unpaired) electrons. The van der Waals surface area contributed by atoms with E-state index in [0.717, 1.165) is 18.6 Å². The molecule has 4 aromatic rings. The fourth-order valence-electron chi connectivity index (χ4n) is 3.55. The van der Waals surface area contributed by atoms with Crippen LogP contribution in [0.15, 0.2) is 39.2 Å². The van der Waals surface area contributed by atoms with E-state index >= 15 is 0 Å². The lowest BCUT2D eigenvalue weighted by Gasteiger charge is -2.23. The van der Waals surface area contributed by atoms with Crippen LogP contribution in [0, 0.1) is 6.92 Å². The van der Waals surface area contributed by atoms with E-state index in [0.29, 0.717) is 46.5 Å². The zero-order valence-electron chi connectivity index (χ0n) is 16.3. The van der Waals surface area contributed by atoms with Gasteiger partial charge in [0.15, 0.2) is 11.2 Å². The van der Waals surface area contributed by atoms with E-state index in [1.165, 1.54) is 0 Å². The minimum atomic E-state index is -0.510. The van der Waals surface area contributed by atoms with Crippen LogP contribution in [0.4, 0.5) is 12.0 Å². The van der Waals surface area contributed by atoms with E-state index in [1.807, 2.05) is 18.2 Å². The summed E-state index contributed by atoms with van der Waals surface area (Å²) in [5.74, 6) is 0.221. The summed E-state index contributed by atoms with van der Waals surface area (Å²) in [6.07, 6.45) is 1.89. The Morgan fingerprint density at radius 1 is 1.10 bits per heavy atom. The van der Waals surface area contributed by atoms with Crippen LogP contribution >= 0.6 is 0 Å². The van der Waals surface area contributed by atoms with Gasteiger partial charge in [-0.15, -0.1) is 0 Å². The number of primary amides is 1. The molecule has 0 atom stereocenters. The van der Waals surface area contributed by atoms with Crippen molar-refractivity contribution in [3.63, 3.8) is 0 Å². The number of nitrogens with two attached hydrogens (primary N) is 1. The number of amides is 1. The number of oxazole rings is 2. The summed E-state index contributed by atoms with van der Waals surface area (Å²) >= 11 is 0. The number of benzene rings is 2. The first kappa shape index (κ1) is 18.4. The maximum Gasteiger partial charge on any atom is 0.303 e. The molecule has 0 spiro atoms. The van der Waals surface area contributed by atoms with Crippen LogP contribution in [0.5, 0.6) is 5.75 Å². The molecule has 5 rings (SSSR count). The van der Waals surface area contributed by atoms with Gasteiger partial charge in [0.25, 0.3) is 0 Å². The van der Waals surface area contributed by atoms with Gasteiger partial charge in [0.1, 0.15) is 22.9 Å². The van der Waals surface area contributed by atoms with Crippen LogP contribution in [0.25, 0.3) is 22.2 Å². The van der Waals surface area contributed by atoms with Gasteiger partial charge in [-0.05, 0) is 36.8 Å². The number of ether oxygens (including phenoxy) is 2. The summed E-state index contributed by atoms with van der Waals surface area (Å²) < 4.78 is 22.9. The van der Waals surface area contributed by atoms with Gasteiger partial charge in [0.2, 0.25) is 5.91 Å². The molecule has 1 saturated heterocycles. The highest BCUT2D eigenvalue weighted by Crippen LogP contribution is 2.29. The van der Waals surface area contributed by atoms with Crippen LogP contribution in [-0.2, 0) is 4.74 Å². The number of hydrogen-bond donors (Lipinski definition) is 2. The third-order valence-electron chi connectivity index (χ3n) is 5.12. The van der Waals surface area contributed by atoms with E-state index < -0.39 is 5.91 Å². The lowest BCUT2D eigenvalue weighted by molar-refractivity contribution is 0.0256. The van der Waals surface area contributed by atoms with E-state index in [2.05, 4.69) is 15.3 Å². The Labute approximate surface area is 171 Å². The number of carbonyl (C=O) groups is 1. The third-order valence-corrected chi connectivity index (χ3v) is 5.12. The Bertz CT molecular complexity index is 1240. The number of anilines is 2. The van der Waals surface area contributed by atoms with Gasteiger partial charge in [0.05, 0.1) is 13.2 Å². The van der Waals surface area contributed by atoms with Crippen molar-refractivity contribution >= 4 is 40.1 Å². The topological polar surface area (TPSA) is 126 Å². The van der Waals surface area contributed by atoms with Gasteiger partial charge in [-0.25, -0.2) is 0 Å². The second-order valence-corrected chi connectivity index (χ2v) is 7.17. The van der Waals surface area contributed by atoms with Gasteiger partial charge in [-0.1, -0.05) is 0 Å². The van der Waals surface area contributed by atoms with Crippen molar-refractivity contribution in [3.05, 3.63) is 41.5 Å². The SMILES string of the molecule is Cc1c(C(N)=O)ccc2oc(Nc3nc4ccc(OC5CCOCC5)cc4o3)nc12. The Morgan fingerprint density at radius 2 is 1.87 bits per heavy atom. The van der Waals surface area contributed by atoms with Crippen LogP contribution in [0.3, 0.4) is 0 Å². The van der Waals surface area contributed by atoms with Crippen LogP contribution in [0.1, 0.15) is 28.8 Å². The second-order valence-electron chi connectivity index (χ2n) is 7.17. The Hall–Kier alpha value is -3.59. The average molecular weight is 408 g/mol. The highest BCUT2D eigenvalue weighted by atomic mass is 16.5. The van der Waals surface area contributed by atoms with Crippen molar-refractivity contribution in [3.8, 4) is 5.75 Å². The fourth-order valence-corrected chi connectivity index (χ4v) is 3.55. The molecule has 154 valence electrons. The van der Waals surface area contributed by atoms with E-state index in [1.54, 1.807) is 19.1 Å². The molecule has 1 aliphatic heterocycles. The number of aromatic nitrogens is 2. The zero-order chi connectivity index (χ0) is 20.7. The van der Waals surface area contributed by atoms with Gasteiger partial charge < -0.3 is 24.0 Å². The van der Waals surface area contributed by atoms with Crippen molar-refractivity contribution < 1.29 is 23.1 Å². The highest BCUT2D eigenvalue weighted by Gasteiger charge is 2.18.